The summed E-state index contributed by atoms with van der Waals surface area (Å²) < 4.78 is 32.6. The summed E-state index contributed by atoms with van der Waals surface area (Å²) in [4.78, 5) is 24.7. The van der Waals surface area contributed by atoms with Crippen LogP contribution in [-0.4, -0.2) is 40.0 Å². The average Bonchev–Trinajstić information content (AvgIpc) is 2.77. The zero-order valence-electron chi connectivity index (χ0n) is 18.0. The van der Waals surface area contributed by atoms with Crippen LogP contribution in [-0.2, 0) is 26.0 Å². The first-order chi connectivity index (χ1) is 14.7. The summed E-state index contributed by atoms with van der Waals surface area (Å²) in [6, 6.07) is 12.5. The number of nitrogens with one attached hydrogen (secondary N) is 1. The molecule has 31 heavy (non-hydrogen) atoms. The lowest BCUT2D eigenvalue weighted by atomic mass is 10.0. The number of hydrogen-bond acceptors (Lipinski definition) is 5. The number of nitrogens with zero attached hydrogens (tertiary/aromatic N) is 1. The van der Waals surface area contributed by atoms with Crippen molar-refractivity contribution < 1.29 is 22.7 Å². The maximum absolute atomic E-state index is 13.2. The number of carbonyl (C=O) groups excluding carboxylic acids is 2. The van der Waals surface area contributed by atoms with Crippen LogP contribution in [0.4, 0.5) is 5.69 Å². The molecule has 1 aliphatic heterocycles. The fourth-order valence-electron chi connectivity index (χ4n) is 3.72. The van der Waals surface area contributed by atoms with Gasteiger partial charge in [-0.05, 0) is 61.1 Å². The molecule has 1 N–H and O–H groups in total. The third-order valence-corrected chi connectivity index (χ3v) is 7.10. The summed E-state index contributed by atoms with van der Waals surface area (Å²) in [7, 11) is -2.47. The third-order valence-electron chi connectivity index (χ3n) is 5.27. The zero-order chi connectivity index (χ0) is 22.6. The minimum atomic E-state index is -3.75. The van der Waals surface area contributed by atoms with Crippen LogP contribution in [0, 0.1) is 5.92 Å². The van der Waals surface area contributed by atoms with Crippen LogP contribution >= 0.6 is 0 Å². The monoisotopic (exact) mass is 444 g/mol. The number of esters is 1. The molecule has 0 saturated heterocycles. The lowest BCUT2D eigenvalue weighted by Gasteiger charge is -2.30. The summed E-state index contributed by atoms with van der Waals surface area (Å²) in [6.45, 7) is 4.30. The van der Waals surface area contributed by atoms with Crippen molar-refractivity contribution >= 4 is 27.6 Å². The summed E-state index contributed by atoms with van der Waals surface area (Å²) in [5.41, 5.74) is 1.98. The number of carbonyl (C=O) groups is 2. The second-order valence-corrected chi connectivity index (χ2v) is 9.87. The van der Waals surface area contributed by atoms with E-state index in [4.69, 9.17) is 4.74 Å². The van der Waals surface area contributed by atoms with Crippen LogP contribution in [0.5, 0.6) is 0 Å². The first-order valence-electron chi connectivity index (χ1n) is 10.3. The molecule has 2 aromatic carbocycles. The summed E-state index contributed by atoms with van der Waals surface area (Å²) in [6.07, 6.45) is 2.04. The van der Waals surface area contributed by atoms with E-state index >= 15 is 0 Å². The Morgan fingerprint density at radius 1 is 1.10 bits per heavy atom. The van der Waals surface area contributed by atoms with E-state index in [2.05, 4.69) is 5.32 Å². The Kier molecular flexibility index (Phi) is 7.00. The first-order valence-corrected chi connectivity index (χ1v) is 11.8. The van der Waals surface area contributed by atoms with Gasteiger partial charge in [0.1, 0.15) is 6.04 Å². The lowest BCUT2D eigenvalue weighted by Crippen LogP contribution is -2.42. The molecular weight excluding hydrogens is 416 g/mol. The Bertz CT molecular complexity index is 1050. The molecule has 1 atom stereocenters. The molecule has 0 fully saturated rings. The molecule has 0 unspecified atom stereocenters. The van der Waals surface area contributed by atoms with Crippen molar-refractivity contribution in [2.45, 2.75) is 44.0 Å². The number of benzene rings is 2. The molecule has 0 spiro atoms. The number of hydrogen-bond donors (Lipinski definition) is 1. The molecule has 0 radical (unpaired) electrons. The van der Waals surface area contributed by atoms with Crippen molar-refractivity contribution in [3.63, 3.8) is 0 Å². The van der Waals surface area contributed by atoms with Gasteiger partial charge in [0.15, 0.2) is 0 Å². The second kappa shape index (κ2) is 9.51. The molecule has 0 saturated carbocycles. The molecule has 1 aliphatic rings. The molecule has 166 valence electrons. The van der Waals surface area contributed by atoms with Gasteiger partial charge in [-0.2, -0.15) is 0 Å². The van der Waals surface area contributed by atoms with Crippen molar-refractivity contribution in [1.82, 2.24) is 5.32 Å². The predicted octanol–water partition coefficient (Wildman–Crippen LogP) is 3.15. The van der Waals surface area contributed by atoms with Gasteiger partial charge in [0.2, 0.25) is 0 Å². The van der Waals surface area contributed by atoms with Gasteiger partial charge in [0, 0.05) is 12.1 Å². The van der Waals surface area contributed by atoms with Crippen molar-refractivity contribution in [3.05, 3.63) is 59.7 Å². The number of methoxy groups -OCH3 is 1. The highest BCUT2D eigenvalue weighted by Gasteiger charge is 2.29. The molecule has 2 aromatic rings. The predicted molar refractivity (Wildman–Crippen MR) is 118 cm³/mol. The number of aryl methyl sites for hydroxylation is 1. The van der Waals surface area contributed by atoms with Crippen molar-refractivity contribution in [2.75, 3.05) is 18.0 Å². The number of rotatable bonds is 7. The molecule has 3 rings (SSSR count). The molecule has 0 aliphatic carbocycles. The van der Waals surface area contributed by atoms with Gasteiger partial charge in [-0.1, -0.05) is 32.0 Å². The van der Waals surface area contributed by atoms with Gasteiger partial charge in [-0.15, -0.1) is 0 Å². The van der Waals surface area contributed by atoms with E-state index in [0.29, 0.717) is 18.7 Å². The van der Waals surface area contributed by atoms with Crippen LogP contribution in [0.15, 0.2) is 53.4 Å². The Labute approximate surface area is 183 Å². The van der Waals surface area contributed by atoms with Crippen LogP contribution in [0.1, 0.15) is 42.6 Å². The normalized spacial score (nSPS) is 14.6. The first kappa shape index (κ1) is 22.8. The fraction of sp³-hybridized carbons (Fsp3) is 0.391. The Balaban J connectivity index is 1.79. The van der Waals surface area contributed by atoms with Crippen LogP contribution < -0.4 is 9.62 Å². The van der Waals surface area contributed by atoms with Crippen molar-refractivity contribution in [1.29, 1.82) is 0 Å². The third kappa shape index (κ3) is 5.07. The summed E-state index contributed by atoms with van der Waals surface area (Å²) in [5.74, 6) is -0.780. The number of ether oxygens (including phenoxy) is 1. The second-order valence-electron chi connectivity index (χ2n) is 8.01. The van der Waals surface area contributed by atoms with Crippen molar-refractivity contribution in [3.8, 4) is 0 Å². The minimum absolute atomic E-state index is 0.118. The minimum Gasteiger partial charge on any atom is -0.467 e. The Hall–Kier alpha value is -2.87. The van der Waals surface area contributed by atoms with E-state index in [9.17, 15) is 18.0 Å². The van der Waals surface area contributed by atoms with E-state index in [1.54, 1.807) is 0 Å². The van der Waals surface area contributed by atoms with Crippen LogP contribution in [0.3, 0.4) is 0 Å². The van der Waals surface area contributed by atoms with E-state index in [1.165, 1.54) is 35.7 Å². The number of fused-ring (bicyclic) bond motifs is 1. The largest absolute Gasteiger partial charge is 0.467 e. The zero-order valence-corrected chi connectivity index (χ0v) is 18.8. The maximum atomic E-state index is 13.2. The average molecular weight is 445 g/mol. The fourth-order valence-corrected chi connectivity index (χ4v) is 5.26. The molecule has 7 nitrogen and oxygen atoms in total. The van der Waals surface area contributed by atoms with E-state index in [0.717, 1.165) is 18.4 Å². The lowest BCUT2D eigenvalue weighted by molar-refractivity contribution is -0.143. The van der Waals surface area contributed by atoms with Gasteiger partial charge >= 0.3 is 5.97 Å². The smallest absolute Gasteiger partial charge is 0.328 e. The van der Waals surface area contributed by atoms with Gasteiger partial charge < -0.3 is 10.1 Å². The van der Waals surface area contributed by atoms with E-state index < -0.39 is 27.9 Å². The van der Waals surface area contributed by atoms with Gasteiger partial charge in [-0.3, -0.25) is 9.10 Å². The number of para-hydroxylation sites is 1. The standard InChI is InChI=1S/C23H28N2O5S/c1-16(2)15-20(23(27)30-3)24-22(26)18-10-12-19(13-11-18)31(28,29)25-14-6-8-17-7-4-5-9-21(17)25/h4-5,7,9-13,16,20H,6,8,14-15H2,1-3H3,(H,24,26)/t20-/m1/s1. The molecule has 8 heteroatoms. The van der Waals surface area contributed by atoms with Gasteiger partial charge in [0.05, 0.1) is 17.7 Å². The number of sulfonamides is 1. The highest BCUT2D eigenvalue weighted by molar-refractivity contribution is 7.92. The quantitative estimate of drug-likeness (QED) is 0.663. The molecule has 0 aromatic heterocycles. The SMILES string of the molecule is COC(=O)[C@@H](CC(C)C)NC(=O)c1ccc(S(=O)(=O)N2CCCc3ccccc32)cc1. The van der Waals surface area contributed by atoms with Crippen LogP contribution in [0.25, 0.3) is 0 Å². The van der Waals surface area contributed by atoms with E-state index in [1.807, 2.05) is 38.1 Å². The van der Waals surface area contributed by atoms with Gasteiger partial charge in [0.25, 0.3) is 15.9 Å². The highest BCUT2D eigenvalue weighted by atomic mass is 32.2. The number of anilines is 1. The number of amides is 1. The highest BCUT2D eigenvalue weighted by Crippen LogP contribution is 2.31. The Morgan fingerprint density at radius 3 is 2.42 bits per heavy atom. The van der Waals surface area contributed by atoms with Crippen molar-refractivity contribution in [2.24, 2.45) is 5.92 Å². The summed E-state index contributed by atoms with van der Waals surface area (Å²) in [5, 5.41) is 2.68. The van der Waals surface area contributed by atoms with Crippen LogP contribution in [0.2, 0.25) is 0 Å². The topological polar surface area (TPSA) is 92.8 Å². The molecular formula is C23H28N2O5S. The van der Waals surface area contributed by atoms with Gasteiger partial charge in [-0.25, -0.2) is 13.2 Å². The summed E-state index contributed by atoms with van der Waals surface area (Å²) >= 11 is 0. The Morgan fingerprint density at radius 2 is 1.77 bits per heavy atom. The molecule has 0 bridgehead atoms. The maximum Gasteiger partial charge on any atom is 0.328 e. The molecule has 1 amide bonds. The van der Waals surface area contributed by atoms with E-state index in [-0.39, 0.29) is 16.4 Å². The molecule has 1 heterocycles.